The van der Waals surface area contributed by atoms with Gasteiger partial charge in [0, 0.05) is 20.2 Å². The van der Waals surface area contributed by atoms with E-state index in [1.54, 1.807) is 0 Å². The molecule has 4 nitrogen and oxygen atoms in total. The van der Waals surface area contributed by atoms with Gasteiger partial charge in [-0.05, 0) is 25.5 Å². The van der Waals surface area contributed by atoms with Crippen molar-refractivity contribution in [3.8, 4) is 5.75 Å². The third-order valence-electron chi connectivity index (χ3n) is 2.69. The monoisotopic (exact) mass is 252 g/mol. The normalized spacial score (nSPS) is 10.4. The van der Waals surface area contributed by atoms with Gasteiger partial charge in [-0.2, -0.15) is 0 Å². The number of ether oxygens (including phenoxy) is 2. The molecule has 0 aliphatic carbocycles. The van der Waals surface area contributed by atoms with Crippen LogP contribution in [0, 0.1) is 0 Å². The van der Waals surface area contributed by atoms with Crippen LogP contribution in [0.1, 0.15) is 20.3 Å². The SMILES string of the molecule is CCCOc1cccc(N(C)CCOCC)c1N. The molecule has 18 heavy (non-hydrogen) atoms. The van der Waals surface area contributed by atoms with Gasteiger partial charge in [0.15, 0.2) is 0 Å². The highest BCUT2D eigenvalue weighted by Crippen LogP contribution is 2.31. The van der Waals surface area contributed by atoms with E-state index in [0.717, 1.165) is 31.0 Å². The minimum atomic E-state index is 0.691. The fourth-order valence-corrected chi connectivity index (χ4v) is 1.67. The van der Waals surface area contributed by atoms with E-state index in [2.05, 4.69) is 11.8 Å². The second kappa shape index (κ2) is 7.82. The van der Waals surface area contributed by atoms with Crippen molar-refractivity contribution in [2.75, 3.05) is 44.0 Å². The molecule has 0 fully saturated rings. The summed E-state index contributed by atoms with van der Waals surface area (Å²) in [6.45, 7) is 7.02. The highest BCUT2D eigenvalue weighted by Gasteiger charge is 2.09. The van der Waals surface area contributed by atoms with Crippen molar-refractivity contribution in [2.45, 2.75) is 20.3 Å². The standard InChI is InChI=1S/C14H24N2O2/c1-4-10-18-13-8-6-7-12(14(13)15)16(3)9-11-17-5-2/h6-8H,4-5,9-11,15H2,1-3H3. The second-order valence-electron chi connectivity index (χ2n) is 4.16. The summed E-state index contributed by atoms with van der Waals surface area (Å²) in [5.41, 5.74) is 7.81. The van der Waals surface area contributed by atoms with Crippen LogP contribution in [0.2, 0.25) is 0 Å². The number of nitrogens with zero attached hydrogens (tertiary/aromatic N) is 1. The van der Waals surface area contributed by atoms with Crippen LogP contribution in [0.25, 0.3) is 0 Å². The van der Waals surface area contributed by atoms with Gasteiger partial charge in [-0.1, -0.05) is 13.0 Å². The lowest BCUT2D eigenvalue weighted by atomic mass is 10.2. The summed E-state index contributed by atoms with van der Waals surface area (Å²) in [4.78, 5) is 2.09. The van der Waals surface area contributed by atoms with Gasteiger partial charge >= 0.3 is 0 Å². The quantitative estimate of drug-likeness (QED) is 0.570. The van der Waals surface area contributed by atoms with Crippen molar-refractivity contribution in [1.29, 1.82) is 0 Å². The Hall–Kier alpha value is -1.42. The van der Waals surface area contributed by atoms with Gasteiger partial charge in [0.05, 0.1) is 24.6 Å². The van der Waals surface area contributed by atoms with Crippen LogP contribution in [0.15, 0.2) is 18.2 Å². The van der Waals surface area contributed by atoms with Crippen LogP contribution in [-0.4, -0.2) is 33.4 Å². The van der Waals surface area contributed by atoms with Crippen molar-refractivity contribution < 1.29 is 9.47 Å². The van der Waals surface area contributed by atoms with E-state index in [9.17, 15) is 0 Å². The lowest BCUT2D eigenvalue weighted by Gasteiger charge is -2.22. The van der Waals surface area contributed by atoms with Crippen molar-refractivity contribution >= 4 is 11.4 Å². The summed E-state index contributed by atoms with van der Waals surface area (Å²) >= 11 is 0. The number of hydrogen-bond donors (Lipinski definition) is 1. The predicted octanol–water partition coefficient (Wildman–Crippen LogP) is 2.53. The molecule has 0 radical (unpaired) electrons. The highest BCUT2D eigenvalue weighted by molar-refractivity contribution is 5.73. The Balaban J connectivity index is 2.69. The molecule has 4 heteroatoms. The maximum atomic E-state index is 6.12. The van der Waals surface area contributed by atoms with Crippen molar-refractivity contribution in [3.05, 3.63) is 18.2 Å². The van der Waals surface area contributed by atoms with Gasteiger partial charge in [-0.15, -0.1) is 0 Å². The summed E-state index contributed by atoms with van der Waals surface area (Å²) in [5.74, 6) is 0.762. The number of para-hydroxylation sites is 1. The molecule has 1 rings (SSSR count). The average Bonchev–Trinajstić information content (AvgIpc) is 2.37. The zero-order valence-electron chi connectivity index (χ0n) is 11.6. The molecular formula is C14H24N2O2. The van der Waals surface area contributed by atoms with Crippen molar-refractivity contribution in [1.82, 2.24) is 0 Å². The summed E-state index contributed by atoms with van der Waals surface area (Å²) in [6, 6.07) is 5.87. The highest BCUT2D eigenvalue weighted by atomic mass is 16.5. The molecule has 1 aromatic rings. The first-order valence-corrected chi connectivity index (χ1v) is 6.50. The molecule has 0 unspecified atom stereocenters. The van der Waals surface area contributed by atoms with Gasteiger partial charge in [0.2, 0.25) is 0 Å². The Kier molecular flexibility index (Phi) is 6.36. The third kappa shape index (κ3) is 4.11. The van der Waals surface area contributed by atoms with E-state index in [1.165, 1.54) is 0 Å². The molecule has 1 aromatic carbocycles. The maximum Gasteiger partial charge on any atom is 0.144 e. The smallest absolute Gasteiger partial charge is 0.144 e. The van der Waals surface area contributed by atoms with Crippen molar-refractivity contribution in [2.24, 2.45) is 0 Å². The number of anilines is 2. The lowest BCUT2D eigenvalue weighted by Crippen LogP contribution is -2.23. The van der Waals surface area contributed by atoms with Crippen LogP contribution in [0.5, 0.6) is 5.75 Å². The molecule has 0 atom stereocenters. The minimum Gasteiger partial charge on any atom is -0.491 e. The molecule has 0 amide bonds. The first-order chi connectivity index (χ1) is 8.70. The summed E-state index contributed by atoms with van der Waals surface area (Å²) in [7, 11) is 2.01. The molecule has 0 heterocycles. The largest absolute Gasteiger partial charge is 0.491 e. The summed E-state index contributed by atoms with van der Waals surface area (Å²) in [5, 5.41) is 0. The fraction of sp³-hybridized carbons (Fsp3) is 0.571. The Labute approximate surface area is 110 Å². The van der Waals surface area contributed by atoms with Gasteiger partial charge < -0.3 is 20.1 Å². The molecule has 102 valence electrons. The molecule has 0 aliphatic heterocycles. The number of rotatable bonds is 8. The predicted molar refractivity (Wildman–Crippen MR) is 76.4 cm³/mol. The molecule has 0 bridgehead atoms. The zero-order valence-corrected chi connectivity index (χ0v) is 11.6. The van der Waals surface area contributed by atoms with E-state index in [-0.39, 0.29) is 0 Å². The first-order valence-electron chi connectivity index (χ1n) is 6.50. The van der Waals surface area contributed by atoms with E-state index >= 15 is 0 Å². The van der Waals surface area contributed by atoms with E-state index in [1.807, 2.05) is 32.2 Å². The van der Waals surface area contributed by atoms with Gasteiger partial charge in [0.25, 0.3) is 0 Å². The Bertz CT molecular complexity index is 356. The molecule has 0 spiro atoms. The number of nitrogens with two attached hydrogens (primary N) is 1. The van der Waals surface area contributed by atoms with Gasteiger partial charge in [-0.3, -0.25) is 0 Å². The van der Waals surface area contributed by atoms with E-state index < -0.39 is 0 Å². The second-order valence-corrected chi connectivity index (χ2v) is 4.16. The van der Waals surface area contributed by atoms with Crippen LogP contribution in [0.4, 0.5) is 11.4 Å². The van der Waals surface area contributed by atoms with Crippen molar-refractivity contribution in [3.63, 3.8) is 0 Å². The lowest BCUT2D eigenvalue weighted by molar-refractivity contribution is 0.154. The number of nitrogen functional groups attached to an aromatic ring is 1. The van der Waals surface area contributed by atoms with Gasteiger partial charge in [-0.25, -0.2) is 0 Å². The van der Waals surface area contributed by atoms with E-state index in [4.69, 9.17) is 15.2 Å². The van der Waals surface area contributed by atoms with Crippen LogP contribution >= 0.6 is 0 Å². The first kappa shape index (κ1) is 14.6. The molecule has 2 N–H and O–H groups in total. The molecule has 0 saturated heterocycles. The van der Waals surface area contributed by atoms with E-state index in [0.29, 0.717) is 18.9 Å². The average molecular weight is 252 g/mol. The topological polar surface area (TPSA) is 47.7 Å². The minimum absolute atomic E-state index is 0.691. The van der Waals surface area contributed by atoms with Crippen LogP contribution < -0.4 is 15.4 Å². The van der Waals surface area contributed by atoms with Gasteiger partial charge in [0.1, 0.15) is 5.75 Å². The molecule has 0 aromatic heterocycles. The third-order valence-corrected chi connectivity index (χ3v) is 2.69. The number of benzene rings is 1. The fourth-order valence-electron chi connectivity index (χ4n) is 1.67. The maximum absolute atomic E-state index is 6.12. The Morgan fingerprint density at radius 1 is 1.22 bits per heavy atom. The number of hydrogen-bond acceptors (Lipinski definition) is 4. The molecular weight excluding hydrogens is 228 g/mol. The zero-order chi connectivity index (χ0) is 13.4. The summed E-state index contributed by atoms with van der Waals surface area (Å²) < 4.78 is 11.0. The Morgan fingerprint density at radius 2 is 2.00 bits per heavy atom. The number of likely N-dealkylation sites (N-methyl/N-ethyl adjacent to an activating group) is 1. The van der Waals surface area contributed by atoms with Crippen LogP contribution in [0.3, 0.4) is 0 Å². The summed E-state index contributed by atoms with van der Waals surface area (Å²) in [6.07, 6.45) is 0.976. The van der Waals surface area contributed by atoms with Crippen LogP contribution in [-0.2, 0) is 4.74 Å². The Morgan fingerprint density at radius 3 is 2.67 bits per heavy atom. The molecule has 0 aliphatic rings. The molecule has 0 saturated carbocycles.